The molecule has 0 radical (unpaired) electrons. The number of ketones is 2. The van der Waals surface area contributed by atoms with E-state index >= 15 is 0 Å². The first-order valence-electron chi connectivity index (χ1n) is 15.4. The van der Waals surface area contributed by atoms with Crippen molar-refractivity contribution in [2.75, 3.05) is 25.4 Å². The number of fused-ring (bicyclic) bond motifs is 1. The van der Waals surface area contributed by atoms with Crippen LogP contribution in [0.25, 0.3) is 11.2 Å². The topological polar surface area (TPSA) is 262 Å². The van der Waals surface area contributed by atoms with Gasteiger partial charge < -0.3 is 45.2 Å². The number of ether oxygens (including phenoxy) is 5. The molecule has 19 nitrogen and oxygen atoms in total. The highest BCUT2D eigenvalue weighted by Gasteiger charge is 2.48. The number of hydrogen-bond acceptors (Lipinski definition) is 16. The third-order valence-electron chi connectivity index (χ3n) is 6.52. The maximum atomic E-state index is 12.8. The molecule has 0 aliphatic carbocycles. The van der Waals surface area contributed by atoms with Gasteiger partial charge in [-0.25, -0.2) is 24.5 Å². The highest BCUT2D eigenvalue weighted by molar-refractivity contribution is 5.87. The molecule has 0 bridgehead atoms. The van der Waals surface area contributed by atoms with Crippen LogP contribution in [0.15, 0.2) is 12.7 Å². The van der Waals surface area contributed by atoms with Crippen molar-refractivity contribution in [2.45, 2.75) is 103 Å². The summed E-state index contributed by atoms with van der Waals surface area (Å²) in [4.78, 5) is 85.4. The molecule has 1 aliphatic heterocycles. The first-order chi connectivity index (χ1) is 22.8. The minimum absolute atomic E-state index is 0.0654. The summed E-state index contributed by atoms with van der Waals surface area (Å²) in [5.74, 6) is -2.50. The number of hydrogen-bond donors (Lipinski definition) is 4. The molecule has 270 valence electrons. The molecular weight excluding hydrogens is 650 g/mol. The van der Waals surface area contributed by atoms with Crippen molar-refractivity contribution in [1.29, 1.82) is 0 Å². The van der Waals surface area contributed by atoms with Crippen molar-refractivity contribution in [2.24, 2.45) is 0 Å². The number of aliphatic hydroxyl groups is 1. The van der Waals surface area contributed by atoms with Crippen LogP contribution in [0, 0.1) is 0 Å². The smallest absolute Gasteiger partial charge is 0.408 e. The van der Waals surface area contributed by atoms with Crippen LogP contribution < -0.4 is 16.4 Å². The number of anilines is 1. The summed E-state index contributed by atoms with van der Waals surface area (Å²) in [6.45, 7) is 8.82. The fourth-order valence-corrected chi connectivity index (χ4v) is 4.35. The van der Waals surface area contributed by atoms with Gasteiger partial charge in [0.1, 0.15) is 41.9 Å². The van der Waals surface area contributed by atoms with Gasteiger partial charge in [0.05, 0.1) is 32.3 Å². The number of nitrogen functional groups attached to an aromatic ring is 1. The molecule has 4 atom stereocenters. The van der Waals surface area contributed by atoms with Gasteiger partial charge >= 0.3 is 24.1 Å². The average molecular weight is 694 g/mol. The third kappa shape index (κ3) is 12.2. The molecule has 2 aromatic rings. The summed E-state index contributed by atoms with van der Waals surface area (Å²) in [5, 5.41) is 15.7. The molecule has 19 heteroatoms. The Balaban J connectivity index is 1.59. The van der Waals surface area contributed by atoms with E-state index in [4.69, 9.17) is 29.4 Å². The summed E-state index contributed by atoms with van der Waals surface area (Å²) < 4.78 is 28.2. The van der Waals surface area contributed by atoms with Crippen LogP contribution in [-0.4, -0.2) is 110 Å². The molecule has 1 saturated heterocycles. The number of nitrogens with two attached hydrogens (primary N) is 1. The van der Waals surface area contributed by atoms with Crippen LogP contribution in [0.1, 0.15) is 73.5 Å². The van der Waals surface area contributed by atoms with E-state index in [1.165, 1.54) is 17.2 Å². The maximum Gasteiger partial charge on any atom is 0.408 e. The van der Waals surface area contributed by atoms with E-state index in [2.05, 4.69) is 25.6 Å². The molecule has 49 heavy (non-hydrogen) atoms. The predicted octanol–water partition coefficient (Wildman–Crippen LogP) is 0.870. The summed E-state index contributed by atoms with van der Waals surface area (Å²) in [7, 11) is 0. The van der Waals surface area contributed by atoms with Gasteiger partial charge in [0.2, 0.25) is 0 Å². The van der Waals surface area contributed by atoms with Crippen LogP contribution in [0.3, 0.4) is 0 Å². The molecule has 3 heterocycles. The van der Waals surface area contributed by atoms with Gasteiger partial charge in [-0.2, -0.15) is 0 Å². The van der Waals surface area contributed by atoms with Gasteiger partial charge in [-0.3, -0.25) is 23.7 Å². The zero-order chi connectivity index (χ0) is 36.5. The lowest BCUT2D eigenvalue weighted by molar-refractivity contribution is -0.159. The molecule has 0 unspecified atom stereocenters. The highest BCUT2D eigenvalue weighted by Crippen LogP contribution is 2.34. The molecule has 2 amide bonds. The van der Waals surface area contributed by atoms with Gasteiger partial charge in [0, 0.05) is 12.8 Å². The van der Waals surface area contributed by atoms with E-state index in [1.807, 2.05) is 0 Å². The third-order valence-corrected chi connectivity index (χ3v) is 6.52. The molecule has 0 saturated carbocycles. The second kappa shape index (κ2) is 16.5. The Bertz CT molecular complexity index is 1530. The number of Topliss-reactive ketones (excluding diaryl/α,β-unsaturated/α-hetero) is 2. The van der Waals surface area contributed by atoms with Gasteiger partial charge in [-0.15, -0.1) is 0 Å². The summed E-state index contributed by atoms with van der Waals surface area (Å²) in [5.41, 5.74) is 4.81. The van der Waals surface area contributed by atoms with E-state index in [1.54, 1.807) is 41.5 Å². The number of amides is 2. The van der Waals surface area contributed by atoms with Crippen molar-refractivity contribution in [1.82, 2.24) is 30.2 Å². The number of aromatic nitrogens is 4. The molecule has 3 rings (SSSR count). The zero-order valence-electron chi connectivity index (χ0n) is 28.2. The number of nitrogens with zero attached hydrogens (tertiary/aromatic N) is 4. The quantitative estimate of drug-likeness (QED) is 0.158. The molecule has 5 N–H and O–H groups in total. The average Bonchev–Trinajstić information content (AvgIpc) is 3.55. The van der Waals surface area contributed by atoms with E-state index in [-0.39, 0.29) is 55.8 Å². The molecule has 2 aromatic heterocycles. The molecule has 1 fully saturated rings. The van der Waals surface area contributed by atoms with Crippen molar-refractivity contribution < 1.29 is 57.6 Å². The van der Waals surface area contributed by atoms with Crippen LogP contribution in [0.5, 0.6) is 0 Å². The van der Waals surface area contributed by atoms with Crippen LogP contribution >= 0.6 is 0 Å². The monoisotopic (exact) mass is 693 g/mol. The number of esters is 2. The van der Waals surface area contributed by atoms with Crippen molar-refractivity contribution in [3.63, 3.8) is 0 Å². The van der Waals surface area contributed by atoms with Crippen molar-refractivity contribution >= 4 is 52.7 Å². The number of aliphatic hydroxyl groups excluding tert-OH is 1. The largest absolute Gasteiger partial charge is 0.463 e. The predicted molar refractivity (Wildman–Crippen MR) is 167 cm³/mol. The number of rotatable bonds is 14. The second-order valence-electron chi connectivity index (χ2n) is 13.1. The minimum atomic E-state index is -1.53. The normalized spacial score (nSPS) is 19.2. The molecule has 1 aliphatic rings. The molecule has 0 spiro atoms. The van der Waals surface area contributed by atoms with E-state index in [9.17, 15) is 33.9 Å². The van der Waals surface area contributed by atoms with Crippen molar-refractivity contribution in [3.05, 3.63) is 12.7 Å². The van der Waals surface area contributed by atoms with Crippen LogP contribution in [0.2, 0.25) is 0 Å². The number of alkyl carbamates (subject to hydrolysis) is 2. The van der Waals surface area contributed by atoms with Crippen molar-refractivity contribution in [3.8, 4) is 0 Å². The van der Waals surface area contributed by atoms with Gasteiger partial charge in [0.15, 0.2) is 35.4 Å². The fourth-order valence-electron chi connectivity index (χ4n) is 4.35. The van der Waals surface area contributed by atoms with Gasteiger partial charge in [-0.1, -0.05) is 0 Å². The SMILES string of the molecule is CC(C)(C)OC(=O)NCC(=O)CCC(=O)OC[C@H]1O[C@@H](n2cnc3c(N)ncnc32)[C@H](OC(=O)CCC(=O)CNC(=O)OC(C)(C)C)[C@@H]1O. The van der Waals surface area contributed by atoms with Crippen LogP contribution in [0.4, 0.5) is 15.4 Å². The van der Waals surface area contributed by atoms with Crippen LogP contribution in [-0.2, 0) is 42.9 Å². The number of carbonyl (C=O) groups is 6. The first-order valence-corrected chi connectivity index (χ1v) is 15.4. The molecule has 0 aromatic carbocycles. The standard InChI is InChI=1S/C30H43N7O12/c1-29(2,3)48-27(43)32-11-16(38)7-9-19(40)45-13-18-22(42)23(26(46-18)37-15-36-21-24(31)34-14-35-25(21)37)47-20(41)10-8-17(39)12-33-28(44)49-30(4,5)6/h14-15,18,22-23,26,42H,7-13H2,1-6H3,(H,32,43)(H,33,44)(H2,31,34,35)/t18-,22-,23-,26-/m1/s1. The lowest BCUT2D eigenvalue weighted by atomic mass is 10.1. The lowest BCUT2D eigenvalue weighted by Gasteiger charge is -2.22. The Morgan fingerprint density at radius 2 is 1.41 bits per heavy atom. The van der Waals surface area contributed by atoms with E-state index in [0.29, 0.717) is 0 Å². The van der Waals surface area contributed by atoms with Gasteiger partial charge in [0.25, 0.3) is 0 Å². The Morgan fingerprint density at radius 3 is 1.96 bits per heavy atom. The first kappa shape index (κ1) is 38.5. The lowest BCUT2D eigenvalue weighted by Crippen LogP contribution is -2.38. The number of imidazole rings is 1. The Kier molecular flexibility index (Phi) is 12.9. The van der Waals surface area contributed by atoms with E-state index in [0.717, 1.165) is 0 Å². The summed E-state index contributed by atoms with van der Waals surface area (Å²) in [6.07, 6.45) is -5.63. The number of nitrogens with one attached hydrogen (secondary N) is 2. The fraction of sp³-hybridized carbons (Fsp3) is 0.633. The van der Waals surface area contributed by atoms with E-state index < -0.39 is 78.0 Å². The second-order valence-corrected chi connectivity index (χ2v) is 13.1. The summed E-state index contributed by atoms with van der Waals surface area (Å²) >= 11 is 0. The number of carbonyl (C=O) groups excluding carboxylic acids is 6. The Hall–Kier alpha value is -4.91. The maximum absolute atomic E-state index is 12.8. The summed E-state index contributed by atoms with van der Waals surface area (Å²) in [6, 6.07) is 0. The van der Waals surface area contributed by atoms with Gasteiger partial charge in [-0.05, 0) is 41.5 Å². The Labute approximate surface area is 281 Å². The Morgan fingerprint density at radius 1 is 0.857 bits per heavy atom. The highest BCUT2D eigenvalue weighted by atomic mass is 16.6. The minimum Gasteiger partial charge on any atom is -0.463 e. The molecular formula is C30H43N7O12. The zero-order valence-corrected chi connectivity index (χ0v) is 28.2.